The van der Waals surface area contributed by atoms with Gasteiger partial charge in [-0.2, -0.15) is 0 Å². The molecule has 3 nitrogen and oxygen atoms in total. The van der Waals surface area contributed by atoms with Crippen LogP contribution in [0.25, 0.3) is 16.9 Å². The van der Waals surface area contributed by atoms with Gasteiger partial charge in [0.15, 0.2) is 5.65 Å². The van der Waals surface area contributed by atoms with Gasteiger partial charge in [0, 0.05) is 16.6 Å². The molecule has 0 N–H and O–H groups in total. The largest absolute Gasteiger partial charge is 0.280 e. The Hall–Kier alpha value is -1.87. The van der Waals surface area contributed by atoms with Crippen molar-refractivity contribution in [3.63, 3.8) is 0 Å². The fourth-order valence-corrected chi connectivity index (χ4v) is 2.46. The zero-order chi connectivity index (χ0) is 14.3. The maximum Gasteiger partial charge on any atom is 0.164 e. The normalized spacial score (nSPS) is 12.0. The van der Waals surface area contributed by atoms with Crippen molar-refractivity contribution in [3.8, 4) is 5.69 Å². The number of aromatic nitrogens is 3. The molecule has 102 valence electrons. The fourth-order valence-electron chi connectivity index (χ4n) is 2.28. The van der Waals surface area contributed by atoms with Crippen LogP contribution in [0.5, 0.6) is 0 Å². The van der Waals surface area contributed by atoms with E-state index in [9.17, 15) is 0 Å². The SMILES string of the molecule is CC(C)(C)c1nc2cccnc2n1-c1cccc(Cl)c1. The summed E-state index contributed by atoms with van der Waals surface area (Å²) in [5.74, 6) is 0.980. The van der Waals surface area contributed by atoms with Crippen molar-refractivity contribution >= 4 is 22.8 Å². The second kappa shape index (κ2) is 4.60. The molecular weight excluding hydrogens is 270 g/mol. The summed E-state index contributed by atoms with van der Waals surface area (Å²) in [6, 6.07) is 11.7. The summed E-state index contributed by atoms with van der Waals surface area (Å²) in [6.07, 6.45) is 1.79. The summed E-state index contributed by atoms with van der Waals surface area (Å²) >= 11 is 6.13. The highest BCUT2D eigenvalue weighted by atomic mass is 35.5. The van der Waals surface area contributed by atoms with Gasteiger partial charge < -0.3 is 0 Å². The molecule has 1 aromatic carbocycles. The number of nitrogens with zero attached hydrogens (tertiary/aromatic N) is 3. The molecule has 0 atom stereocenters. The van der Waals surface area contributed by atoms with Gasteiger partial charge in [-0.05, 0) is 30.3 Å². The molecule has 0 aliphatic carbocycles. The number of fused-ring (bicyclic) bond motifs is 1. The molecule has 0 spiro atoms. The van der Waals surface area contributed by atoms with Gasteiger partial charge in [-0.25, -0.2) is 9.97 Å². The van der Waals surface area contributed by atoms with Crippen LogP contribution in [-0.4, -0.2) is 14.5 Å². The first-order chi connectivity index (χ1) is 9.47. The molecule has 0 aliphatic rings. The minimum absolute atomic E-state index is 0.0803. The third-order valence-electron chi connectivity index (χ3n) is 3.15. The van der Waals surface area contributed by atoms with Gasteiger partial charge in [-0.15, -0.1) is 0 Å². The first kappa shape index (κ1) is 13.1. The lowest BCUT2D eigenvalue weighted by atomic mass is 9.95. The van der Waals surface area contributed by atoms with E-state index in [-0.39, 0.29) is 5.41 Å². The molecule has 0 radical (unpaired) electrons. The Balaban J connectivity index is 2.37. The number of halogens is 1. The lowest BCUT2D eigenvalue weighted by Gasteiger charge is -2.20. The van der Waals surface area contributed by atoms with Crippen LogP contribution in [0, 0.1) is 0 Å². The first-order valence-corrected chi connectivity index (χ1v) is 6.94. The smallest absolute Gasteiger partial charge is 0.164 e. The average Bonchev–Trinajstić information content (AvgIpc) is 2.78. The Morgan fingerprint density at radius 3 is 2.60 bits per heavy atom. The van der Waals surface area contributed by atoms with Gasteiger partial charge in [0.1, 0.15) is 11.3 Å². The topological polar surface area (TPSA) is 30.7 Å². The van der Waals surface area contributed by atoms with Crippen LogP contribution in [0.15, 0.2) is 42.6 Å². The number of imidazole rings is 1. The van der Waals surface area contributed by atoms with E-state index in [1.54, 1.807) is 6.20 Å². The summed E-state index contributed by atoms with van der Waals surface area (Å²) in [6.45, 7) is 6.44. The van der Waals surface area contributed by atoms with Gasteiger partial charge in [0.05, 0.1) is 5.69 Å². The van der Waals surface area contributed by atoms with Crippen molar-refractivity contribution in [2.45, 2.75) is 26.2 Å². The van der Waals surface area contributed by atoms with Gasteiger partial charge in [0.25, 0.3) is 0 Å². The van der Waals surface area contributed by atoms with E-state index in [0.29, 0.717) is 5.02 Å². The molecule has 3 rings (SSSR count). The maximum atomic E-state index is 6.13. The van der Waals surface area contributed by atoms with E-state index in [4.69, 9.17) is 16.6 Å². The van der Waals surface area contributed by atoms with E-state index in [1.807, 2.05) is 36.4 Å². The number of pyridine rings is 1. The summed E-state index contributed by atoms with van der Waals surface area (Å²) in [5.41, 5.74) is 2.67. The molecule has 3 aromatic rings. The zero-order valence-electron chi connectivity index (χ0n) is 11.8. The molecule has 0 aliphatic heterocycles. The van der Waals surface area contributed by atoms with Crippen molar-refractivity contribution in [1.82, 2.24) is 14.5 Å². The third-order valence-corrected chi connectivity index (χ3v) is 3.39. The highest BCUT2D eigenvalue weighted by molar-refractivity contribution is 6.30. The average molecular weight is 286 g/mol. The number of rotatable bonds is 1. The molecule has 4 heteroatoms. The monoisotopic (exact) mass is 285 g/mol. The Labute approximate surface area is 123 Å². The standard InChI is InChI=1S/C16H16ClN3/c1-16(2,3)15-19-13-8-5-9-18-14(13)20(15)12-7-4-6-11(17)10-12/h4-10H,1-3H3. The Bertz CT molecular complexity index is 769. The predicted molar refractivity (Wildman–Crippen MR) is 82.6 cm³/mol. The van der Waals surface area contributed by atoms with Crippen LogP contribution in [0.4, 0.5) is 0 Å². The molecule has 0 bridgehead atoms. The summed E-state index contributed by atoms with van der Waals surface area (Å²) in [7, 11) is 0. The van der Waals surface area contributed by atoms with Gasteiger partial charge in [0.2, 0.25) is 0 Å². The van der Waals surface area contributed by atoms with E-state index in [0.717, 1.165) is 22.7 Å². The summed E-state index contributed by atoms with van der Waals surface area (Å²) in [4.78, 5) is 9.23. The lowest BCUT2D eigenvalue weighted by molar-refractivity contribution is 0.538. The van der Waals surface area contributed by atoms with Crippen molar-refractivity contribution in [3.05, 3.63) is 53.4 Å². The van der Waals surface area contributed by atoms with Gasteiger partial charge in [-0.3, -0.25) is 4.57 Å². The molecule has 20 heavy (non-hydrogen) atoms. The molecule has 0 fully saturated rings. The highest BCUT2D eigenvalue weighted by Crippen LogP contribution is 2.29. The lowest BCUT2D eigenvalue weighted by Crippen LogP contribution is -2.18. The van der Waals surface area contributed by atoms with Crippen LogP contribution in [-0.2, 0) is 5.41 Å². The second-order valence-corrected chi connectivity index (χ2v) is 6.28. The Kier molecular flexibility index (Phi) is 3.02. The molecule has 0 saturated carbocycles. The summed E-state index contributed by atoms with van der Waals surface area (Å²) in [5, 5.41) is 0.708. The van der Waals surface area contributed by atoms with Crippen molar-refractivity contribution < 1.29 is 0 Å². The van der Waals surface area contributed by atoms with E-state index < -0.39 is 0 Å². The number of hydrogen-bond acceptors (Lipinski definition) is 2. The van der Waals surface area contributed by atoms with E-state index >= 15 is 0 Å². The number of benzene rings is 1. The first-order valence-electron chi connectivity index (χ1n) is 6.57. The number of hydrogen-bond donors (Lipinski definition) is 0. The van der Waals surface area contributed by atoms with E-state index in [1.165, 1.54) is 0 Å². The second-order valence-electron chi connectivity index (χ2n) is 5.85. The quantitative estimate of drug-likeness (QED) is 0.664. The van der Waals surface area contributed by atoms with Gasteiger partial charge >= 0.3 is 0 Å². The van der Waals surface area contributed by atoms with Crippen molar-refractivity contribution in [2.24, 2.45) is 0 Å². The molecular formula is C16H16ClN3. The Morgan fingerprint density at radius 1 is 1.10 bits per heavy atom. The minimum atomic E-state index is -0.0803. The molecule has 0 unspecified atom stereocenters. The molecule has 2 heterocycles. The fraction of sp³-hybridized carbons (Fsp3) is 0.250. The highest BCUT2D eigenvalue weighted by Gasteiger charge is 2.24. The van der Waals surface area contributed by atoms with Crippen LogP contribution in [0.3, 0.4) is 0 Å². The maximum absolute atomic E-state index is 6.13. The van der Waals surface area contributed by atoms with Crippen molar-refractivity contribution in [1.29, 1.82) is 0 Å². The predicted octanol–water partition coefficient (Wildman–Crippen LogP) is 4.37. The van der Waals surface area contributed by atoms with Crippen molar-refractivity contribution in [2.75, 3.05) is 0 Å². The molecule has 0 saturated heterocycles. The third kappa shape index (κ3) is 2.18. The Morgan fingerprint density at radius 2 is 1.90 bits per heavy atom. The summed E-state index contributed by atoms with van der Waals surface area (Å²) < 4.78 is 2.08. The molecule has 0 amide bonds. The molecule has 2 aromatic heterocycles. The van der Waals surface area contributed by atoms with Gasteiger partial charge in [-0.1, -0.05) is 38.4 Å². The van der Waals surface area contributed by atoms with Crippen LogP contribution in [0.2, 0.25) is 5.02 Å². The minimum Gasteiger partial charge on any atom is -0.280 e. The zero-order valence-corrected chi connectivity index (χ0v) is 12.5. The van der Waals surface area contributed by atoms with Crippen LogP contribution in [0.1, 0.15) is 26.6 Å². The van der Waals surface area contributed by atoms with E-state index in [2.05, 4.69) is 30.3 Å². The van der Waals surface area contributed by atoms with Crippen LogP contribution >= 0.6 is 11.6 Å². The van der Waals surface area contributed by atoms with Crippen LogP contribution < -0.4 is 0 Å².